The van der Waals surface area contributed by atoms with Crippen molar-refractivity contribution < 1.29 is 4.79 Å². The Morgan fingerprint density at radius 2 is 2.10 bits per heavy atom. The smallest absolute Gasteiger partial charge is 0.256 e. The highest BCUT2D eigenvalue weighted by atomic mass is 79.9. The Morgan fingerprint density at radius 3 is 2.80 bits per heavy atom. The van der Waals surface area contributed by atoms with Crippen LogP contribution in [0.5, 0.6) is 0 Å². The van der Waals surface area contributed by atoms with Gasteiger partial charge in [-0.3, -0.25) is 4.79 Å². The molecule has 104 valence electrons. The van der Waals surface area contributed by atoms with Crippen LogP contribution in [0.2, 0.25) is 0 Å². The molecule has 1 aromatic heterocycles. The average Bonchev–Trinajstić information content (AvgIpc) is 2.41. The zero-order valence-corrected chi connectivity index (χ0v) is 12.8. The average molecular weight is 335 g/mol. The van der Waals surface area contributed by atoms with Gasteiger partial charge in [0.1, 0.15) is 0 Å². The molecule has 0 saturated carbocycles. The van der Waals surface area contributed by atoms with Crippen LogP contribution in [-0.4, -0.2) is 25.0 Å². The molecule has 1 aromatic carbocycles. The van der Waals surface area contributed by atoms with Crippen molar-refractivity contribution in [1.29, 1.82) is 0 Å². The quantitative estimate of drug-likeness (QED) is 0.846. The molecule has 1 amide bonds. The molecular formula is C14H15BrN4O. The number of aromatic nitrogens is 1. The molecule has 0 aliphatic rings. The lowest BCUT2D eigenvalue weighted by Crippen LogP contribution is -2.18. The van der Waals surface area contributed by atoms with Crippen LogP contribution in [-0.2, 0) is 0 Å². The maximum atomic E-state index is 12.3. The van der Waals surface area contributed by atoms with E-state index in [0.29, 0.717) is 27.2 Å². The summed E-state index contributed by atoms with van der Waals surface area (Å²) < 4.78 is 0.694. The summed E-state index contributed by atoms with van der Waals surface area (Å²) in [5.74, 6) is 0.459. The maximum Gasteiger partial charge on any atom is 0.256 e. The lowest BCUT2D eigenvalue weighted by molar-refractivity contribution is 0.102. The van der Waals surface area contributed by atoms with E-state index in [1.807, 2.05) is 19.0 Å². The molecule has 0 aliphatic carbocycles. The number of anilines is 3. The number of nitrogens with one attached hydrogen (secondary N) is 1. The summed E-state index contributed by atoms with van der Waals surface area (Å²) in [4.78, 5) is 18.4. The summed E-state index contributed by atoms with van der Waals surface area (Å²) in [6.45, 7) is 0. The molecule has 0 aliphatic heterocycles. The fourth-order valence-corrected chi connectivity index (χ4v) is 2.18. The second kappa shape index (κ2) is 5.92. The lowest BCUT2D eigenvalue weighted by atomic mass is 10.2. The number of halogens is 1. The molecule has 3 N–H and O–H groups in total. The highest BCUT2D eigenvalue weighted by Crippen LogP contribution is 2.24. The zero-order chi connectivity index (χ0) is 14.7. The van der Waals surface area contributed by atoms with E-state index < -0.39 is 0 Å². The largest absolute Gasteiger partial charge is 0.399 e. The van der Waals surface area contributed by atoms with Crippen molar-refractivity contribution in [3.05, 3.63) is 46.6 Å². The molecule has 0 spiro atoms. The van der Waals surface area contributed by atoms with Crippen LogP contribution >= 0.6 is 15.9 Å². The first kappa shape index (κ1) is 14.3. The van der Waals surface area contributed by atoms with Crippen LogP contribution < -0.4 is 16.0 Å². The number of carbonyl (C=O) groups is 1. The molecular weight excluding hydrogens is 320 g/mol. The molecule has 20 heavy (non-hydrogen) atoms. The standard InChI is InChI=1S/C14H15BrN4O/c1-19(2)13-12(4-3-7-17-13)18-14(20)10-8-9(16)5-6-11(10)15/h3-8H,16H2,1-2H3,(H,18,20). The van der Waals surface area contributed by atoms with E-state index >= 15 is 0 Å². The molecule has 6 heteroatoms. The van der Waals surface area contributed by atoms with E-state index in [1.54, 1.807) is 36.5 Å². The van der Waals surface area contributed by atoms with Crippen molar-refractivity contribution in [3.63, 3.8) is 0 Å². The van der Waals surface area contributed by atoms with Crippen LogP contribution in [0.15, 0.2) is 41.0 Å². The highest BCUT2D eigenvalue weighted by Gasteiger charge is 2.13. The van der Waals surface area contributed by atoms with E-state index in [-0.39, 0.29) is 5.91 Å². The second-order valence-corrected chi connectivity index (χ2v) is 5.32. The first-order chi connectivity index (χ1) is 9.49. The Morgan fingerprint density at radius 1 is 1.35 bits per heavy atom. The van der Waals surface area contributed by atoms with Gasteiger partial charge in [-0.2, -0.15) is 0 Å². The third-order valence-corrected chi connectivity index (χ3v) is 3.39. The summed E-state index contributed by atoms with van der Waals surface area (Å²) in [7, 11) is 3.74. The summed E-state index contributed by atoms with van der Waals surface area (Å²) >= 11 is 3.35. The first-order valence-corrected chi connectivity index (χ1v) is 6.77. The molecule has 0 fully saturated rings. The van der Waals surface area contributed by atoms with Gasteiger partial charge < -0.3 is 16.0 Å². The molecule has 0 unspecified atom stereocenters. The molecule has 0 radical (unpaired) electrons. The third kappa shape index (κ3) is 3.08. The predicted octanol–water partition coefficient (Wildman–Crippen LogP) is 2.74. The van der Waals surface area contributed by atoms with Crippen molar-refractivity contribution in [2.75, 3.05) is 30.0 Å². The fraction of sp³-hybridized carbons (Fsp3) is 0.143. The Balaban J connectivity index is 2.31. The van der Waals surface area contributed by atoms with Crippen molar-refractivity contribution in [2.45, 2.75) is 0 Å². The summed E-state index contributed by atoms with van der Waals surface area (Å²) in [6, 6.07) is 8.69. The lowest BCUT2D eigenvalue weighted by Gasteiger charge is -2.16. The Bertz CT molecular complexity index is 643. The molecule has 2 rings (SSSR count). The Hall–Kier alpha value is -2.08. The number of nitrogens with two attached hydrogens (primary N) is 1. The molecule has 1 heterocycles. The number of nitrogens with zero attached hydrogens (tertiary/aromatic N) is 2. The van der Waals surface area contributed by atoms with Crippen LogP contribution in [0, 0.1) is 0 Å². The first-order valence-electron chi connectivity index (χ1n) is 5.97. The minimum atomic E-state index is -0.236. The van der Waals surface area contributed by atoms with E-state index in [4.69, 9.17) is 5.73 Å². The monoisotopic (exact) mass is 334 g/mol. The minimum absolute atomic E-state index is 0.236. The van der Waals surface area contributed by atoms with Gasteiger partial charge in [0, 0.05) is 30.5 Å². The van der Waals surface area contributed by atoms with E-state index in [9.17, 15) is 4.79 Å². The normalized spacial score (nSPS) is 10.2. The number of pyridine rings is 1. The topological polar surface area (TPSA) is 71.2 Å². The number of rotatable bonds is 3. The summed E-state index contributed by atoms with van der Waals surface area (Å²) in [5.41, 5.74) is 7.39. The number of nitrogen functional groups attached to an aromatic ring is 1. The fourth-order valence-electron chi connectivity index (χ4n) is 1.76. The molecule has 2 aromatic rings. The van der Waals surface area contributed by atoms with Crippen LogP contribution in [0.25, 0.3) is 0 Å². The number of benzene rings is 1. The van der Waals surface area contributed by atoms with Gasteiger partial charge >= 0.3 is 0 Å². The van der Waals surface area contributed by atoms with E-state index in [0.717, 1.165) is 0 Å². The van der Waals surface area contributed by atoms with Gasteiger partial charge in [0.05, 0.1) is 11.3 Å². The van der Waals surface area contributed by atoms with Crippen molar-refractivity contribution >= 4 is 39.0 Å². The third-order valence-electron chi connectivity index (χ3n) is 2.69. The van der Waals surface area contributed by atoms with Crippen molar-refractivity contribution in [2.24, 2.45) is 0 Å². The van der Waals surface area contributed by atoms with Gasteiger partial charge in [0.25, 0.3) is 5.91 Å². The van der Waals surface area contributed by atoms with Crippen LogP contribution in [0.4, 0.5) is 17.2 Å². The van der Waals surface area contributed by atoms with E-state index in [2.05, 4.69) is 26.2 Å². The van der Waals surface area contributed by atoms with Gasteiger partial charge in [-0.15, -0.1) is 0 Å². The van der Waals surface area contributed by atoms with Gasteiger partial charge in [-0.25, -0.2) is 4.98 Å². The van der Waals surface area contributed by atoms with Crippen LogP contribution in [0.3, 0.4) is 0 Å². The number of hydrogen-bond acceptors (Lipinski definition) is 4. The number of hydrogen-bond donors (Lipinski definition) is 2. The van der Waals surface area contributed by atoms with Gasteiger partial charge in [0.15, 0.2) is 5.82 Å². The van der Waals surface area contributed by atoms with E-state index in [1.165, 1.54) is 0 Å². The number of amides is 1. The van der Waals surface area contributed by atoms with Crippen molar-refractivity contribution in [3.8, 4) is 0 Å². The minimum Gasteiger partial charge on any atom is -0.399 e. The molecule has 0 atom stereocenters. The number of carbonyl (C=O) groups excluding carboxylic acids is 1. The Labute approximate surface area is 125 Å². The molecule has 0 bridgehead atoms. The summed E-state index contributed by atoms with van der Waals surface area (Å²) in [6.07, 6.45) is 1.68. The SMILES string of the molecule is CN(C)c1ncccc1NC(=O)c1cc(N)ccc1Br. The second-order valence-electron chi connectivity index (χ2n) is 4.46. The highest BCUT2D eigenvalue weighted by molar-refractivity contribution is 9.10. The van der Waals surface area contributed by atoms with Gasteiger partial charge in [0.2, 0.25) is 0 Å². The van der Waals surface area contributed by atoms with Gasteiger partial charge in [-0.05, 0) is 46.3 Å². The molecule has 0 saturated heterocycles. The molecule has 5 nitrogen and oxygen atoms in total. The van der Waals surface area contributed by atoms with Gasteiger partial charge in [-0.1, -0.05) is 0 Å². The maximum absolute atomic E-state index is 12.3. The zero-order valence-electron chi connectivity index (χ0n) is 11.2. The van der Waals surface area contributed by atoms with Crippen LogP contribution in [0.1, 0.15) is 10.4 Å². The predicted molar refractivity (Wildman–Crippen MR) is 85.1 cm³/mol. The summed E-state index contributed by atoms with van der Waals surface area (Å²) in [5, 5.41) is 2.85. The van der Waals surface area contributed by atoms with Crippen molar-refractivity contribution in [1.82, 2.24) is 4.98 Å². The Kier molecular flexibility index (Phi) is 4.24.